The Bertz CT molecular complexity index is 792. The van der Waals surface area contributed by atoms with Gasteiger partial charge in [-0.1, -0.05) is 24.3 Å². The number of allylic oxidation sites excluding steroid dienone is 1. The lowest BCUT2D eigenvalue weighted by Gasteiger charge is -2.37. The van der Waals surface area contributed by atoms with Gasteiger partial charge in [-0.3, -0.25) is 0 Å². The Morgan fingerprint density at radius 3 is 2.35 bits per heavy atom. The number of carbonyl (C=O) groups is 1. The SMILES string of the molecule is CCN(CC)C(=O)N1CCN(S(=O)(=O)C2=Cc3ccccc3CC2)CC1. The van der Waals surface area contributed by atoms with E-state index >= 15 is 0 Å². The van der Waals surface area contributed by atoms with E-state index in [-0.39, 0.29) is 6.03 Å². The highest BCUT2D eigenvalue weighted by Gasteiger charge is 2.33. The molecule has 26 heavy (non-hydrogen) atoms. The summed E-state index contributed by atoms with van der Waals surface area (Å²) in [5, 5.41) is 0. The average molecular weight is 378 g/mol. The van der Waals surface area contributed by atoms with E-state index in [0.29, 0.717) is 50.6 Å². The van der Waals surface area contributed by atoms with Gasteiger partial charge in [0.25, 0.3) is 0 Å². The Kier molecular flexibility index (Phi) is 5.67. The van der Waals surface area contributed by atoms with Crippen LogP contribution in [0, 0.1) is 0 Å². The molecule has 0 bridgehead atoms. The lowest BCUT2D eigenvalue weighted by Crippen LogP contribution is -2.54. The van der Waals surface area contributed by atoms with E-state index in [1.54, 1.807) is 9.80 Å². The number of aryl methyl sites for hydroxylation is 1. The highest BCUT2D eigenvalue weighted by molar-refractivity contribution is 7.93. The monoisotopic (exact) mass is 377 g/mol. The molecule has 1 heterocycles. The van der Waals surface area contributed by atoms with E-state index in [4.69, 9.17) is 0 Å². The predicted molar refractivity (Wildman–Crippen MR) is 103 cm³/mol. The molecule has 1 aromatic carbocycles. The number of benzene rings is 1. The number of fused-ring (bicyclic) bond motifs is 1. The Morgan fingerprint density at radius 1 is 1.04 bits per heavy atom. The van der Waals surface area contributed by atoms with Gasteiger partial charge in [-0.15, -0.1) is 0 Å². The molecule has 1 aliphatic carbocycles. The molecule has 2 aliphatic rings. The molecule has 1 aromatic rings. The van der Waals surface area contributed by atoms with E-state index in [1.165, 1.54) is 9.87 Å². The average Bonchev–Trinajstić information content (AvgIpc) is 2.68. The van der Waals surface area contributed by atoms with Gasteiger partial charge >= 0.3 is 6.03 Å². The van der Waals surface area contributed by atoms with Crippen molar-refractivity contribution < 1.29 is 13.2 Å². The van der Waals surface area contributed by atoms with E-state index in [2.05, 4.69) is 0 Å². The van der Waals surface area contributed by atoms with Crippen molar-refractivity contribution in [3.05, 3.63) is 40.3 Å². The molecule has 0 saturated carbocycles. The Balaban J connectivity index is 1.69. The summed E-state index contributed by atoms with van der Waals surface area (Å²) in [5.74, 6) is 0. The predicted octanol–water partition coefficient (Wildman–Crippen LogP) is 2.38. The van der Waals surface area contributed by atoms with Crippen LogP contribution in [0.2, 0.25) is 0 Å². The minimum atomic E-state index is -3.47. The standard InChI is InChI=1S/C19H27N3O3S/c1-3-20(4-2)19(23)21-11-13-22(14-12-21)26(24,25)18-10-9-16-7-5-6-8-17(16)15-18/h5-8,15H,3-4,9-14H2,1-2H3. The van der Waals surface area contributed by atoms with Gasteiger partial charge in [0.05, 0.1) is 4.91 Å². The number of hydrogen-bond acceptors (Lipinski definition) is 3. The van der Waals surface area contributed by atoms with Crippen molar-refractivity contribution >= 4 is 22.1 Å². The van der Waals surface area contributed by atoms with Crippen LogP contribution < -0.4 is 0 Å². The molecule has 0 N–H and O–H groups in total. The molecule has 142 valence electrons. The summed E-state index contributed by atoms with van der Waals surface area (Å²) in [7, 11) is -3.47. The molecule has 1 aliphatic heterocycles. The van der Waals surface area contributed by atoms with Crippen LogP contribution in [-0.4, -0.2) is 67.8 Å². The third-order valence-corrected chi connectivity index (χ3v) is 7.26. The molecule has 3 rings (SSSR count). The van der Waals surface area contributed by atoms with Crippen molar-refractivity contribution in [1.29, 1.82) is 0 Å². The maximum absolute atomic E-state index is 13.0. The normalized spacial score (nSPS) is 18.2. The highest BCUT2D eigenvalue weighted by Crippen LogP contribution is 2.29. The number of nitrogens with zero attached hydrogens (tertiary/aromatic N) is 3. The first-order chi connectivity index (χ1) is 12.5. The summed E-state index contributed by atoms with van der Waals surface area (Å²) < 4.78 is 27.6. The van der Waals surface area contributed by atoms with Crippen molar-refractivity contribution in [2.45, 2.75) is 26.7 Å². The highest BCUT2D eigenvalue weighted by atomic mass is 32.2. The van der Waals surface area contributed by atoms with Crippen LogP contribution in [0.3, 0.4) is 0 Å². The fraction of sp³-hybridized carbons (Fsp3) is 0.526. The van der Waals surface area contributed by atoms with Gasteiger partial charge in [-0.05, 0) is 43.9 Å². The van der Waals surface area contributed by atoms with Crippen LogP contribution in [0.1, 0.15) is 31.4 Å². The molecule has 0 radical (unpaired) electrons. The topological polar surface area (TPSA) is 60.9 Å². The van der Waals surface area contributed by atoms with Crippen molar-refractivity contribution in [2.24, 2.45) is 0 Å². The number of hydrogen-bond donors (Lipinski definition) is 0. The summed E-state index contributed by atoms with van der Waals surface area (Å²) in [5.41, 5.74) is 2.19. The molecule has 2 amide bonds. The number of carbonyl (C=O) groups excluding carboxylic acids is 1. The molecule has 1 fully saturated rings. The summed E-state index contributed by atoms with van der Waals surface area (Å²) >= 11 is 0. The van der Waals surface area contributed by atoms with Crippen LogP contribution in [0.25, 0.3) is 6.08 Å². The Labute approximate surface area is 156 Å². The molecule has 0 spiro atoms. The van der Waals surface area contributed by atoms with Crippen molar-refractivity contribution in [2.75, 3.05) is 39.3 Å². The smallest absolute Gasteiger partial charge is 0.320 e. The van der Waals surface area contributed by atoms with E-state index < -0.39 is 10.0 Å². The van der Waals surface area contributed by atoms with Gasteiger partial charge < -0.3 is 9.80 Å². The molecule has 1 saturated heterocycles. The van der Waals surface area contributed by atoms with Crippen molar-refractivity contribution in [3.63, 3.8) is 0 Å². The maximum Gasteiger partial charge on any atom is 0.320 e. The van der Waals surface area contributed by atoms with Gasteiger partial charge in [0, 0.05) is 39.3 Å². The van der Waals surface area contributed by atoms with Gasteiger partial charge in [0.15, 0.2) is 0 Å². The zero-order valence-electron chi connectivity index (χ0n) is 15.5. The fourth-order valence-corrected chi connectivity index (χ4v) is 5.20. The first-order valence-electron chi connectivity index (χ1n) is 9.29. The van der Waals surface area contributed by atoms with Crippen LogP contribution in [0.4, 0.5) is 4.79 Å². The van der Waals surface area contributed by atoms with Crippen LogP contribution >= 0.6 is 0 Å². The second kappa shape index (κ2) is 7.80. The number of amides is 2. The number of sulfonamides is 1. The van der Waals surface area contributed by atoms with Gasteiger partial charge in [0.1, 0.15) is 0 Å². The first kappa shape index (κ1) is 18.9. The number of urea groups is 1. The second-order valence-electron chi connectivity index (χ2n) is 6.66. The first-order valence-corrected chi connectivity index (χ1v) is 10.7. The second-order valence-corrected chi connectivity index (χ2v) is 8.65. The largest absolute Gasteiger partial charge is 0.325 e. The molecular weight excluding hydrogens is 350 g/mol. The third-order valence-electron chi connectivity index (χ3n) is 5.23. The van der Waals surface area contributed by atoms with Crippen molar-refractivity contribution in [1.82, 2.24) is 14.1 Å². The summed E-state index contributed by atoms with van der Waals surface area (Å²) in [6, 6.07) is 7.93. The maximum atomic E-state index is 13.0. The van der Waals surface area contributed by atoms with Crippen LogP contribution in [0.15, 0.2) is 29.2 Å². The zero-order chi connectivity index (χ0) is 18.7. The van der Waals surface area contributed by atoms with E-state index in [0.717, 1.165) is 12.0 Å². The van der Waals surface area contributed by atoms with E-state index in [1.807, 2.05) is 44.2 Å². The molecule has 0 unspecified atom stereocenters. The van der Waals surface area contributed by atoms with E-state index in [9.17, 15) is 13.2 Å². The van der Waals surface area contributed by atoms with Crippen LogP contribution in [0.5, 0.6) is 0 Å². The van der Waals surface area contributed by atoms with Gasteiger partial charge in [-0.25, -0.2) is 13.2 Å². The summed E-state index contributed by atoms with van der Waals surface area (Å²) in [4.78, 5) is 16.4. The van der Waals surface area contributed by atoms with Gasteiger partial charge in [0.2, 0.25) is 10.0 Å². The molecular formula is C19H27N3O3S. The molecule has 7 heteroatoms. The number of rotatable bonds is 4. The summed E-state index contributed by atoms with van der Waals surface area (Å²) in [6.45, 7) is 6.84. The summed E-state index contributed by atoms with van der Waals surface area (Å²) in [6.07, 6.45) is 3.10. The Hall–Kier alpha value is -1.86. The van der Waals surface area contributed by atoms with Crippen molar-refractivity contribution in [3.8, 4) is 0 Å². The zero-order valence-corrected chi connectivity index (χ0v) is 16.3. The minimum Gasteiger partial charge on any atom is -0.325 e. The molecule has 0 aromatic heterocycles. The quantitative estimate of drug-likeness (QED) is 0.809. The molecule has 6 nitrogen and oxygen atoms in total. The van der Waals surface area contributed by atoms with Gasteiger partial charge in [-0.2, -0.15) is 4.31 Å². The minimum absolute atomic E-state index is 0.00198. The lowest BCUT2D eigenvalue weighted by molar-refractivity contribution is 0.138. The number of piperazine rings is 1. The van der Waals surface area contributed by atoms with Crippen LogP contribution in [-0.2, 0) is 16.4 Å². The Morgan fingerprint density at radius 2 is 1.69 bits per heavy atom. The fourth-order valence-electron chi connectivity index (χ4n) is 3.59. The third kappa shape index (κ3) is 3.64. The molecule has 0 atom stereocenters. The lowest BCUT2D eigenvalue weighted by atomic mass is 9.98.